The Kier molecular flexibility index (Phi) is 12.0. The lowest BCUT2D eigenvalue weighted by atomic mass is 9.94. The van der Waals surface area contributed by atoms with Crippen molar-refractivity contribution >= 4 is 0 Å². The molecule has 21 heavy (non-hydrogen) atoms. The highest BCUT2D eigenvalue weighted by atomic mass is 14.2. The molecule has 0 N–H and O–H groups in total. The van der Waals surface area contributed by atoms with Crippen LogP contribution in [0.2, 0.25) is 0 Å². The van der Waals surface area contributed by atoms with Gasteiger partial charge < -0.3 is 0 Å². The van der Waals surface area contributed by atoms with Crippen LogP contribution in [-0.4, -0.2) is 0 Å². The monoisotopic (exact) mass is 292 g/mol. The maximum Gasteiger partial charge on any atom is -0.0206 e. The Balaban J connectivity index is 1.75. The predicted molar refractivity (Wildman–Crippen MR) is 96.8 cm³/mol. The summed E-state index contributed by atoms with van der Waals surface area (Å²) in [6, 6.07) is 0. The molecule has 0 bridgehead atoms. The Morgan fingerprint density at radius 3 is 1.62 bits per heavy atom. The van der Waals surface area contributed by atoms with Crippen LogP contribution in [-0.2, 0) is 0 Å². The fraction of sp³-hybridized carbons (Fsp3) is 0.905. The van der Waals surface area contributed by atoms with E-state index in [0.717, 1.165) is 5.92 Å². The molecular weight excluding hydrogens is 252 g/mol. The van der Waals surface area contributed by atoms with Crippen molar-refractivity contribution < 1.29 is 0 Å². The van der Waals surface area contributed by atoms with Gasteiger partial charge in [-0.3, -0.25) is 0 Å². The molecule has 0 radical (unpaired) electrons. The average Bonchev–Trinajstić information content (AvgIpc) is 3.02. The van der Waals surface area contributed by atoms with Gasteiger partial charge in [0.05, 0.1) is 0 Å². The van der Waals surface area contributed by atoms with Gasteiger partial charge in [-0.1, -0.05) is 103 Å². The molecule has 1 aliphatic carbocycles. The predicted octanol–water partition coefficient (Wildman–Crippen LogP) is 7.82. The third-order valence-corrected chi connectivity index (χ3v) is 5.28. The summed E-state index contributed by atoms with van der Waals surface area (Å²) in [7, 11) is 0. The van der Waals surface area contributed by atoms with Crippen molar-refractivity contribution in [1.29, 1.82) is 0 Å². The largest absolute Gasteiger partial charge is 0.0996 e. The van der Waals surface area contributed by atoms with E-state index in [1.54, 1.807) is 5.57 Å². The van der Waals surface area contributed by atoms with Gasteiger partial charge in [0.15, 0.2) is 0 Å². The Bertz CT molecular complexity index is 234. The number of rotatable bonds is 14. The molecule has 1 fully saturated rings. The molecule has 0 aromatic carbocycles. The SMILES string of the molecule is C=C(CCCCCCCCCCCCCC)C1CCCC1. The first-order valence-corrected chi connectivity index (χ1v) is 10.0. The highest BCUT2D eigenvalue weighted by Gasteiger charge is 2.17. The summed E-state index contributed by atoms with van der Waals surface area (Å²) in [6.45, 7) is 6.62. The molecule has 1 saturated carbocycles. The van der Waals surface area contributed by atoms with Crippen molar-refractivity contribution in [2.45, 2.75) is 116 Å². The summed E-state index contributed by atoms with van der Waals surface area (Å²) in [5.41, 5.74) is 1.57. The quantitative estimate of drug-likeness (QED) is 0.226. The molecule has 0 aromatic rings. The third-order valence-electron chi connectivity index (χ3n) is 5.28. The molecule has 0 amide bonds. The van der Waals surface area contributed by atoms with Crippen molar-refractivity contribution in [3.8, 4) is 0 Å². The first kappa shape index (κ1) is 18.8. The molecule has 1 rings (SSSR count). The second-order valence-corrected chi connectivity index (χ2v) is 7.28. The average molecular weight is 293 g/mol. The second-order valence-electron chi connectivity index (χ2n) is 7.28. The van der Waals surface area contributed by atoms with E-state index in [9.17, 15) is 0 Å². The molecule has 0 saturated heterocycles. The smallest absolute Gasteiger partial charge is 0.0206 e. The van der Waals surface area contributed by atoms with Crippen LogP contribution in [0.4, 0.5) is 0 Å². The topological polar surface area (TPSA) is 0 Å². The van der Waals surface area contributed by atoms with E-state index in [1.165, 1.54) is 109 Å². The molecule has 0 aliphatic heterocycles. The molecule has 124 valence electrons. The lowest BCUT2D eigenvalue weighted by Crippen LogP contribution is -1.97. The Morgan fingerprint density at radius 2 is 1.14 bits per heavy atom. The van der Waals surface area contributed by atoms with Gasteiger partial charge in [0.25, 0.3) is 0 Å². The lowest BCUT2D eigenvalue weighted by Gasteiger charge is -2.12. The van der Waals surface area contributed by atoms with Gasteiger partial charge in [0.2, 0.25) is 0 Å². The number of allylic oxidation sites excluding steroid dienone is 1. The molecule has 0 nitrogen and oxygen atoms in total. The van der Waals surface area contributed by atoms with Gasteiger partial charge >= 0.3 is 0 Å². The summed E-state index contributed by atoms with van der Waals surface area (Å²) in [5.74, 6) is 0.887. The first-order chi connectivity index (χ1) is 10.3. The Labute approximate surface area is 134 Å². The molecule has 0 spiro atoms. The molecule has 0 atom stereocenters. The van der Waals surface area contributed by atoms with Gasteiger partial charge in [-0.25, -0.2) is 0 Å². The van der Waals surface area contributed by atoms with E-state index in [2.05, 4.69) is 13.5 Å². The maximum absolute atomic E-state index is 4.33. The van der Waals surface area contributed by atoms with Crippen molar-refractivity contribution in [1.82, 2.24) is 0 Å². The van der Waals surface area contributed by atoms with E-state index in [1.807, 2.05) is 0 Å². The third kappa shape index (κ3) is 10.1. The van der Waals surface area contributed by atoms with Gasteiger partial charge in [0, 0.05) is 0 Å². The van der Waals surface area contributed by atoms with Gasteiger partial charge in [-0.05, 0) is 31.6 Å². The van der Waals surface area contributed by atoms with Crippen LogP contribution in [0, 0.1) is 5.92 Å². The Morgan fingerprint density at radius 1 is 0.714 bits per heavy atom. The standard InChI is InChI=1S/C21H40/c1-3-4-5-6-7-8-9-10-11-12-13-14-17-20(2)21-18-15-16-19-21/h21H,2-19H2,1H3. The summed E-state index contributed by atoms with van der Waals surface area (Å²) >= 11 is 0. The minimum absolute atomic E-state index is 0.887. The molecule has 0 heterocycles. The number of unbranched alkanes of at least 4 members (excludes halogenated alkanes) is 11. The fourth-order valence-corrected chi connectivity index (χ4v) is 3.73. The first-order valence-electron chi connectivity index (χ1n) is 10.0. The van der Waals surface area contributed by atoms with Gasteiger partial charge in [0.1, 0.15) is 0 Å². The highest BCUT2D eigenvalue weighted by Crippen LogP contribution is 2.32. The van der Waals surface area contributed by atoms with Crippen molar-refractivity contribution in [2.75, 3.05) is 0 Å². The number of hydrogen-bond donors (Lipinski definition) is 0. The maximum atomic E-state index is 4.33. The minimum Gasteiger partial charge on any atom is -0.0996 e. The zero-order valence-corrected chi connectivity index (χ0v) is 14.8. The summed E-state index contributed by atoms with van der Waals surface area (Å²) < 4.78 is 0. The summed E-state index contributed by atoms with van der Waals surface area (Å²) in [5, 5.41) is 0. The second kappa shape index (κ2) is 13.4. The van der Waals surface area contributed by atoms with Crippen LogP contribution in [0.3, 0.4) is 0 Å². The van der Waals surface area contributed by atoms with Gasteiger partial charge in [-0.15, -0.1) is 0 Å². The highest BCUT2D eigenvalue weighted by molar-refractivity contribution is 5.02. The molecular formula is C21H40. The van der Waals surface area contributed by atoms with Crippen molar-refractivity contribution in [3.63, 3.8) is 0 Å². The number of hydrogen-bond acceptors (Lipinski definition) is 0. The zero-order chi connectivity index (χ0) is 15.2. The Hall–Kier alpha value is -0.260. The molecule has 0 aromatic heterocycles. The molecule has 0 unspecified atom stereocenters. The normalized spacial score (nSPS) is 15.7. The van der Waals surface area contributed by atoms with E-state index in [4.69, 9.17) is 0 Å². The summed E-state index contributed by atoms with van der Waals surface area (Å²) in [4.78, 5) is 0. The van der Waals surface area contributed by atoms with Crippen LogP contribution < -0.4 is 0 Å². The summed E-state index contributed by atoms with van der Waals surface area (Å²) in [6.07, 6.45) is 24.4. The van der Waals surface area contributed by atoms with E-state index in [0.29, 0.717) is 0 Å². The molecule has 0 heteroatoms. The van der Waals surface area contributed by atoms with Crippen LogP contribution >= 0.6 is 0 Å². The van der Waals surface area contributed by atoms with Crippen LogP contribution in [0.25, 0.3) is 0 Å². The fourth-order valence-electron chi connectivity index (χ4n) is 3.73. The lowest BCUT2D eigenvalue weighted by molar-refractivity contribution is 0.535. The molecule has 1 aliphatic rings. The van der Waals surface area contributed by atoms with Crippen LogP contribution in [0.1, 0.15) is 116 Å². The zero-order valence-electron chi connectivity index (χ0n) is 14.8. The van der Waals surface area contributed by atoms with Crippen molar-refractivity contribution in [2.24, 2.45) is 5.92 Å². The van der Waals surface area contributed by atoms with Crippen molar-refractivity contribution in [3.05, 3.63) is 12.2 Å². The minimum atomic E-state index is 0.887. The van der Waals surface area contributed by atoms with Gasteiger partial charge in [-0.2, -0.15) is 0 Å². The van der Waals surface area contributed by atoms with Crippen LogP contribution in [0.5, 0.6) is 0 Å². The van der Waals surface area contributed by atoms with E-state index in [-0.39, 0.29) is 0 Å². The van der Waals surface area contributed by atoms with E-state index < -0.39 is 0 Å². The van der Waals surface area contributed by atoms with Crippen LogP contribution in [0.15, 0.2) is 12.2 Å². The van der Waals surface area contributed by atoms with E-state index >= 15 is 0 Å².